The Kier molecular flexibility index (Phi) is 7.86. The van der Waals surface area contributed by atoms with Crippen molar-refractivity contribution in [1.29, 1.82) is 0 Å². The van der Waals surface area contributed by atoms with Crippen molar-refractivity contribution in [3.8, 4) is 22.3 Å². The van der Waals surface area contributed by atoms with Crippen molar-refractivity contribution in [2.75, 3.05) is 13.2 Å². The fourth-order valence-corrected chi connectivity index (χ4v) is 4.20. The van der Waals surface area contributed by atoms with Crippen LogP contribution in [0.2, 0.25) is 0 Å². The first-order valence-corrected chi connectivity index (χ1v) is 11.7. The van der Waals surface area contributed by atoms with Gasteiger partial charge in [-0.05, 0) is 54.2 Å². The van der Waals surface area contributed by atoms with Gasteiger partial charge in [-0.25, -0.2) is 13.2 Å². The molecule has 2 nitrogen and oxygen atoms in total. The molecule has 0 unspecified atom stereocenters. The summed E-state index contributed by atoms with van der Waals surface area (Å²) in [6, 6.07) is 15.2. The maximum Gasteiger partial charge on any atom is 0.176 e. The number of aryl methyl sites for hydroxylation is 1. The summed E-state index contributed by atoms with van der Waals surface area (Å²) in [7, 11) is 0. The predicted octanol–water partition coefficient (Wildman–Crippen LogP) is 7.81. The molecule has 0 bridgehead atoms. The van der Waals surface area contributed by atoms with Gasteiger partial charge in [0, 0.05) is 17.0 Å². The zero-order valence-corrected chi connectivity index (χ0v) is 19.5. The number of unbranched alkanes of at least 4 members (excludes halogenated alkanes) is 1. The number of benzene rings is 3. The molecule has 1 fully saturated rings. The summed E-state index contributed by atoms with van der Waals surface area (Å²) in [5.41, 5.74) is 3.07. The lowest BCUT2D eigenvalue weighted by atomic mass is 9.94. The predicted molar refractivity (Wildman–Crippen MR) is 129 cm³/mol. The SMILES string of the molecule is C/C=C/C1OCC(c2ccc(-c3ccc(-c4ccc(CCCC)c(F)c4F)cc3)c(F)c2)CO1. The average molecular weight is 467 g/mol. The molecule has 0 spiro atoms. The fourth-order valence-electron chi connectivity index (χ4n) is 4.20. The highest BCUT2D eigenvalue weighted by Crippen LogP contribution is 2.32. The summed E-state index contributed by atoms with van der Waals surface area (Å²) in [6.45, 7) is 4.84. The van der Waals surface area contributed by atoms with E-state index in [2.05, 4.69) is 0 Å². The highest BCUT2D eigenvalue weighted by atomic mass is 19.2. The lowest BCUT2D eigenvalue weighted by Gasteiger charge is -2.28. The molecule has 3 aromatic rings. The molecule has 0 aromatic heterocycles. The number of hydrogen-bond acceptors (Lipinski definition) is 2. The number of allylic oxidation sites excluding steroid dienone is 1. The molecule has 0 saturated carbocycles. The first kappa shape index (κ1) is 24.2. The van der Waals surface area contributed by atoms with Gasteiger partial charge in [0.15, 0.2) is 17.9 Å². The van der Waals surface area contributed by atoms with Gasteiger partial charge in [0.2, 0.25) is 0 Å². The zero-order chi connectivity index (χ0) is 24.1. The molecule has 0 atom stereocenters. The van der Waals surface area contributed by atoms with Crippen molar-refractivity contribution < 1.29 is 22.6 Å². The van der Waals surface area contributed by atoms with Crippen LogP contribution in [-0.2, 0) is 15.9 Å². The van der Waals surface area contributed by atoms with Gasteiger partial charge in [-0.1, -0.05) is 68.0 Å². The van der Waals surface area contributed by atoms with Crippen LogP contribution in [0.25, 0.3) is 22.3 Å². The van der Waals surface area contributed by atoms with E-state index in [0.29, 0.717) is 41.9 Å². The van der Waals surface area contributed by atoms with E-state index in [1.54, 1.807) is 42.5 Å². The van der Waals surface area contributed by atoms with Gasteiger partial charge in [0.1, 0.15) is 5.82 Å². The molecule has 5 heteroatoms. The van der Waals surface area contributed by atoms with Crippen LogP contribution in [0.15, 0.2) is 66.7 Å². The van der Waals surface area contributed by atoms with Crippen molar-refractivity contribution in [1.82, 2.24) is 0 Å². The molecule has 1 aliphatic heterocycles. The normalized spacial score (nSPS) is 18.5. The van der Waals surface area contributed by atoms with Crippen molar-refractivity contribution in [3.05, 3.63) is 95.3 Å². The average Bonchev–Trinajstić information content (AvgIpc) is 2.86. The van der Waals surface area contributed by atoms with Crippen LogP contribution < -0.4 is 0 Å². The number of ether oxygens (including phenoxy) is 2. The van der Waals surface area contributed by atoms with E-state index in [4.69, 9.17) is 9.47 Å². The van der Waals surface area contributed by atoms with Crippen LogP contribution in [0.5, 0.6) is 0 Å². The Morgan fingerprint density at radius 2 is 1.50 bits per heavy atom. The number of hydrogen-bond donors (Lipinski definition) is 0. The summed E-state index contributed by atoms with van der Waals surface area (Å²) >= 11 is 0. The number of rotatable bonds is 7. The summed E-state index contributed by atoms with van der Waals surface area (Å²) < 4.78 is 55.4. The van der Waals surface area contributed by atoms with Crippen molar-refractivity contribution in [2.45, 2.75) is 45.3 Å². The molecule has 1 saturated heterocycles. The van der Waals surface area contributed by atoms with Gasteiger partial charge in [0.25, 0.3) is 0 Å². The van der Waals surface area contributed by atoms with Crippen LogP contribution in [0.3, 0.4) is 0 Å². The molecule has 4 rings (SSSR count). The quantitative estimate of drug-likeness (QED) is 0.331. The molecule has 0 N–H and O–H groups in total. The van der Waals surface area contributed by atoms with Crippen LogP contribution in [0, 0.1) is 17.5 Å². The minimum absolute atomic E-state index is 0.0365. The molecular weight excluding hydrogens is 437 g/mol. The minimum Gasteiger partial charge on any atom is -0.348 e. The van der Waals surface area contributed by atoms with Gasteiger partial charge >= 0.3 is 0 Å². The lowest BCUT2D eigenvalue weighted by Crippen LogP contribution is -2.29. The van der Waals surface area contributed by atoms with Gasteiger partial charge in [-0.15, -0.1) is 0 Å². The Hall–Kier alpha value is -2.89. The molecule has 1 aliphatic rings. The summed E-state index contributed by atoms with van der Waals surface area (Å²) in [5.74, 6) is -2.02. The van der Waals surface area contributed by atoms with E-state index in [1.165, 1.54) is 6.07 Å². The van der Waals surface area contributed by atoms with E-state index in [9.17, 15) is 13.2 Å². The third-order valence-electron chi connectivity index (χ3n) is 6.21. The fraction of sp³-hybridized carbons (Fsp3) is 0.310. The van der Waals surface area contributed by atoms with Crippen molar-refractivity contribution in [3.63, 3.8) is 0 Å². The Bertz CT molecular complexity index is 1150. The van der Waals surface area contributed by atoms with Gasteiger partial charge in [-0.3, -0.25) is 0 Å². The van der Waals surface area contributed by atoms with Crippen LogP contribution in [0.1, 0.15) is 43.7 Å². The highest BCUT2D eigenvalue weighted by molar-refractivity contribution is 5.71. The van der Waals surface area contributed by atoms with Gasteiger partial charge < -0.3 is 9.47 Å². The first-order chi connectivity index (χ1) is 16.5. The van der Waals surface area contributed by atoms with E-state index in [1.807, 2.05) is 32.1 Å². The second kappa shape index (κ2) is 11.0. The van der Waals surface area contributed by atoms with E-state index in [0.717, 1.165) is 18.4 Å². The van der Waals surface area contributed by atoms with Gasteiger partial charge in [-0.2, -0.15) is 0 Å². The minimum atomic E-state index is -0.842. The highest BCUT2D eigenvalue weighted by Gasteiger charge is 2.23. The molecular formula is C29H29F3O2. The Labute approximate surface area is 199 Å². The Morgan fingerprint density at radius 3 is 2.12 bits per heavy atom. The molecule has 3 aromatic carbocycles. The monoisotopic (exact) mass is 466 g/mol. The van der Waals surface area contributed by atoms with Crippen LogP contribution >= 0.6 is 0 Å². The van der Waals surface area contributed by atoms with E-state index in [-0.39, 0.29) is 23.6 Å². The third-order valence-corrected chi connectivity index (χ3v) is 6.21. The van der Waals surface area contributed by atoms with Gasteiger partial charge in [0.05, 0.1) is 13.2 Å². The maximum absolute atomic E-state index is 15.0. The molecule has 34 heavy (non-hydrogen) atoms. The molecule has 0 aliphatic carbocycles. The Balaban J connectivity index is 1.51. The maximum atomic E-state index is 15.0. The zero-order valence-electron chi connectivity index (χ0n) is 19.5. The summed E-state index contributed by atoms with van der Waals surface area (Å²) in [6.07, 6.45) is 5.61. The second-order valence-corrected chi connectivity index (χ2v) is 8.58. The largest absolute Gasteiger partial charge is 0.348 e. The first-order valence-electron chi connectivity index (χ1n) is 11.7. The van der Waals surface area contributed by atoms with Crippen LogP contribution in [0.4, 0.5) is 13.2 Å². The van der Waals surface area contributed by atoms with Crippen molar-refractivity contribution >= 4 is 0 Å². The molecule has 1 heterocycles. The third kappa shape index (κ3) is 5.26. The molecule has 178 valence electrons. The standard InChI is InChI=1S/C29H29F3O2/c1-3-5-7-21-12-15-25(29(32)28(21)31)20-10-8-19(9-11-20)24-14-13-22(16-26(24)30)23-17-33-27(6-4-2)34-18-23/h4,6,8-16,23,27H,3,5,7,17-18H2,1-2H3/b6-4+. The molecule has 0 amide bonds. The number of halogens is 3. The van der Waals surface area contributed by atoms with Crippen LogP contribution in [-0.4, -0.2) is 19.5 Å². The summed E-state index contributed by atoms with van der Waals surface area (Å²) in [4.78, 5) is 0. The van der Waals surface area contributed by atoms with E-state index < -0.39 is 11.6 Å². The second-order valence-electron chi connectivity index (χ2n) is 8.58. The Morgan fingerprint density at radius 1 is 0.853 bits per heavy atom. The summed E-state index contributed by atoms with van der Waals surface area (Å²) in [5, 5.41) is 0. The topological polar surface area (TPSA) is 18.5 Å². The van der Waals surface area contributed by atoms with Crippen molar-refractivity contribution in [2.24, 2.45) is 0 Å². The smallest absolute Gasteiger partial charge is 0.176 e. The molecule has 0 radical (unpaired) electrons. The van der Waals surface area contributed by atoms with E-state index >= 15 is 0 Å². The lowest BCUT2D eigenvalue weighted by molar-refractivity contribution is -0.159.